The second-order valence-electron chi connectivity index (χ2n) is 5.81. The molecule has 0 unspecified atom stereocenters. The molecule has 0 amide bonds. The number of anilines is 1. The zero-order valence-electron chi connectivity index (χ0n) is 14.4. The summed E-state index contributed by atoms with van der Waals surface area (Å²) in [5.74, 6) is 1.01. The monoisotopic (exact) mass is 361 g/mol. The Bertz CT molecular complexity index is 846. The minimum atomic E-state index is -3.42. The van der Waals surface area contributed by atoms with Crippen LogP contribution in [-0.2, 0) is 10.0 Å². The van der Waals surface area contributed by atoms with E-state index in [1.165, 1.54) is 0 Å². The molecule has 0 saturated heterocycles. The van der Waals surface area contributed by atoms with Gasteiger partial charge in [-0.25, -0.2) is 8.42 Å². The fourth-order valence-corrected chi connectivity index (χ4v) is 3.46. The zero-order valence-corrected chi connectivity index (χ0v) is 15.2. The molecule has 0 heterocycles. The van der Waals surface area contributed by atoms with Crippen LogP contribution in [0.5, 0.6) is 11.5 Å². The zero-order chi connectivity index (χ0) is 18.4. The molecule has 0 aliphatic heterocycles. The Morgan fingerprint density at radius 3 is 2.48 bits per heavy atom. The Kier molecular flexibility index (Phi) is 6.03. The van der Waals surface area contributed by atoms with Crippen LogP contribution in [0.3, 0.4) is 0 Å². The lowest BCUT2D eigenvalue weighted by atomic mass is 10.2. The SMILES string of the molecule is CCCCS(=O)(=O)Nc1ccc(C)cc1Oc1ccc(C(=N)N)cc1. The number of nitrogens with one attached hydrogen (secondary N) is 2. The maximum absolute atomic E-state index is 12.2. The second-order valence-corrected chi connectivity index (χ2v) is 7.66. The van der Waals surface area contributed by atoms with E-state index in [0.29, 0.717) is 29.2 Å². The molecule has 0 fully saturated rings. The maximum atomic E-state index is 12.2. The summed E-state index contributed by atoms with van der Waals surface area (Å²) in [4.78, 5) is 0. The van der Waals surface area contributed by atoms with Gasteiger partial charge in [0.2, 0.25) is 10.0 Å². The van der Waals surface area contributed by atoms with Crippen LogP contribution in [-0.4, -0.2) is 20.0 Å². The van der Waals surface area contributed by atoms with E-state index in [1.54, 1.807) is 36.4 Å². The van der Waals surface area contributed by atoms with Gasteiger partial charge in [-0.2, -0.15) is 0 Å². The van der Waals surface area contributed by atoms with Gasteiger partial charge in [0.25, 0.3) is 0 Å². The highest BCUT2D eigenvalue weighted by Gasteiger charge is 2.14. The van der Waals surface area contributed by atoms with E-state index in [9.17, 15) is 8.42 Å². The Hall–Kier alpha value is -2.54. The summed E-state index contributed by atoms with van der Waals surface area (Å²) in [5.41, 5.74) is 7.38. The Labute approximate surface area is 148 Å². The first kappa shape index (κ1) is 18.8. The Morgan fingerprint density at radius 1 is 1.20 bits per heavy atom. The lowest BCUT2D eigenvalue weighted by Crippen LogP contribution is -2.17. The molecule has 4 N–H and O–H groups in total. The normalized spacial score (nSPS) is 11.1. The highest BCUT2D eigenvalue weighted by Crippen LogP contribution is 2.31. The molecule has 2 aromatic rings. The van der Waals surface area contributed by atoms with Crippen LogP contribution in [0.2, 0.25) is 0 Å². The first-order valence-electron chi connectivity index (χ1n) is 8.04. The topological polar surface area (TPSA) is 105 Å². The largest absolute Gasteiger partial charge is 0.455 e. The molecule has 0 spiro atoms. The lowest BCUT2D eigenvalue weighted by Gasteiger charge is -2.14. The van der Waals surface area contributed by atoms with Gasteiger partial charge in [0, 0.05) is 5.56 Å². The van der Waals surface area contributed by atoms with Crippen LogP contribution in [0.25, 0.3) is 0 Å². The smallest absolute Gasteiger partial charge is 0.232 e. The van der Waals surface area contributed by atoms with E-state index in [1.807, 2.05) is 19.9 Å². The summed E-state index contributed by atoms with van der Waals surface area (Å²) in [7, 11) is -3.42. The minimum absolute atomic E-state index is 0.0218. The number of rotatable bonds is 8. The fourth-order valence-electron chi connectivity index (χ4n) is 2.18. The molecular formula is C18H23N3O3S. The highest BCUT2D eigenvalue weighted by molar-refractivity contribution is 7.92. The van der Waals surface area contributed by atoms with Gasteiger partial charge in [-0.3, -0.25) is 10.1 Å². The van der Waals surface area contributed by atoms with Crippen LogP contribution >= 0.6 is 0 Å². The predicted molar refractivity (Wildman–Crippen MR) is 101 cm³/mol. The summed E-state index contributed by atoms with van der Waals surface area (Å²) in [6.07, 6.45) is 1.41. The van der Waals surface area contributed by atoms with Crippen LogP contribution in [0, 0.1) is 12.3 Å². The lowest BCUT2D eigenvalue weighted by molar-refractivity contribution is 0.484. The quantitative estimate of drug-likeness (QED) is 0.493. The van der Waals surface area contributed by atoms with Gasteiger partial charge < -0.3 is 10.5 Å². The molecule has 0 atom stereocenters. The highest BCUT2D eigenvalue weighted by atomic mass is 32.2. The van der Waals surface area contributed by atoms with Crippen molar-refractivity contribution < 1.29 is 13.2 Å². The van der Waals surface area contributed by atoms with Gasteiger partial charge in [-0.1, -0.05) is 19.4 Å². The van der Waals surface area contributed by atoms with Crippen molar-refractivity contribution in [2.75, 3.05) is 10.5 Å². The average Bonchev–Trinajstić information content (AvgIpc) is 2.56. The number of nitrogen functional groups attached to an aromatic ring is 1. The molecular weight excluding hydrogens is 338 g/mol. The molecule has 2 aromatic carbocycles. The van der Waals surface area contributed by atoms with Crippen LogP contribution in [0.4, 0.5) is 5.69 Å². The first-order valence-corrected chi connectivity index (χ1v) is 9.69. The molecule has 0 bridgehead atoms. The van der Waals surface area contributed by atoms with E-state index >= 15 is 0 Å². The average molecular weight is 361 g/mol. The third-order valence-electron chi connectivity index (χ3n) is 3.56. The molecule has 7 heteroatoms. The number of hydrogen-bond acceptors (Lipinski definition) is 4. The van der Waals surface area contributed by atoms with Gasteiger partial charge in [-0.15, -0.1) is 0 Å². The van der Waals surface area contributed by atoms with E-state index in [4.69, 9.17) is 15.9 Å². The van der Waals surface area contributed by atoms with E-state index in [-0.39, 0.29) is 11.6 Å². The number of amidine groups is 1. The number of ether oxygens (including phenoxy) is 1. The molecule has 0 aliphatic carbocycles. The van der Waals surface area contributed by atoms with Gasteiger partial charge in [0.05, 0.1) is 11.4 Å². The number of unbranched alkanes of at least 4 members (excludes halogenated alkanes) is 1. The third kappa shape index (κ3) is 5.49. The minimum Gasteiger partial charge on any atom is -0.455 e. The van der Waals surface area contributed by atoms with Crippen LogP contribution in [0.15, 0.2) is 42.5 Å². The van der Waals surface area contributed by atoms with E-state index in [2.05, 4.69) is 4.72 Å². The van der Waals surface area contributed by atoms with Crippen LogP contribution < -0.4 is 15.2 Å². The fraction of sp³-hybridized carbons (Fsp3) is 0.278. The molecule has 0 saturated carbocycles. The number of benzene rings is 2. The summed E-state index contributed by atoms with van der Waals surface area (Å²) in [5, 5.41) is 7.40. The number of sulfonamides is 1. The van der Waals surface area contributed by atoms with Crippen LogP contribution in [0.1, 0.15) is 30.9 Å². The van der Waals surface area contributed by atoms with E-state index in [0.717, 1.165) is 12.0 Å². The molecule has 134 valence electrons. The van der Waals surface area contributed by atoms with Crippen molar-refractivity contribution >= 4 is 21.5 Å². The summed E-state index contributed by atoms with van der Waals surface area (Å²) < 4.78 is 32.8. The molecule has 0 aliphatic rings. The van der Waals surface area contributed by atoms with Crippen molar-refractivity contribution in [3.8, 4) is 11.5 Å². The van der Waals surface area contributed by atoms with Crippen molar-refractivity contribution in [2.24, 2.45) is 5.73 Å². The predicted octanol–water partition coefficient (Wildman–Crippen LogP) is 3.61. The molecule has 0 aromatic heterocycles. The molecule has 2 rings (SSSR count). The molecule has 0 radical (unpaired) electrons. The maximum Gasteiger partial charge on any atom is 0.232 e. The number of nitrogens with two attached hydrogens (primary N) is 1. The number of aryl methyl sites for hydroxylation is 1. The van der Waals surface area contributed by atoms with Gasteiger partial charge in [-0.05, 0) is 55.3 Å². The van der Waals surface area contributed by atoms with Gasteiger partial charge in [0.15, 0.2) is 5.75 Å². The van der Waals surface area contributed by atoms with Gasteiger partial charge in [0.1, 0.15) is 11.6 Å². The van der Waals surface area contributed by atoms with Gasteiger partial charge >= 0.3 is 0 Å². The molecule has 6 nitrogen and oxygen atoms in total. The standard InChI is InChI=1S/C18H23N3O3S/c1-3-4-11-25(22,23)21-16-10-5-13(2)12-17(16)24-15-8-6-14(7-9-15)18(19)20/h5-10,12,21H,3-4,11H2,1-2H3,(H3,19,20). The van der Waals surface area contributed by atoms with Crippen molar-refractivity contribution in [3.05, 3.63) is 53.6 Å². The van der Waals surface area contributed by atoms with E-state index < -0.39 is 10.0 Å². The van der Waals surface area contributed by atoms with Crippen molar-refractivity contribution in [1.29, 1.82) is 5.41 Å². The first-order chi connectivity index (χ1) is 11.8. The summed E-state index contributed by atoms with van der Waals surface area (Å²) >= 11 is 0. The summed E-state index contributed by atoms with van der Waals surface area (Å²) in [6, 6.07) is 12.0. The second kappa shape index (κ2) is 8.02. The Morgan fingerprint density at radius 2 is 1.88 bits per heavy atom. The molecule has 25 heavy (non-hydrogen) atoms. The van der Waals surface area contributed by atoms with Crippen molar-refractivity contribution in [3.63, 3.8) is 0 Å². The summed E-state index contributed by atoms with van der Waals surface area (Å²) in [6.45, 7) is 3.85. The number of hydrogen-bond donors (Lipinski definition) is 3. The van der Waals surface area contributed by atoms with Crippen molar-refractivity contribution in [2.45, 2.75) is 26.7 Å². The van der Waals surface area contributed by atoms with Crippen molar-refractivity contribution in [1.82, 2.24) is 0 Å². The third-order valence-corrected chi connectivity index (χ3v) is 4.92. The Balaban J connectivity index is 2.25.